The van der Waals surface area contributed by atoms with Gasteiger partial charge in [-0.3, -0.25) is 4.79 Å². The highest BCUT2D eigenvalue weighted by molar-refractivity contribution is 7.82. The second-order valence-electron chi connectivity index (χ2n) is 6.22. The van der Waals surface area contributed by atoms with E-state index in [1.807, 2.05) is 16.4 Å². The topological polar surface area (TPSA) is 57.6 Å². The molecule has 3 rings (SSSR count). The molecule has 132 valence electrons. The maximum atomic E-state index is 12.8. The van der Waals surface area contributed by atoms with Gasteiger partial charge in [-0.25, -0.2) is 8.51 Å². The van der Waals surface area contributed by atoms with Gasteiger partial charge in [-0.2, -0.15) is 0 Å². The quantitative estimate of drug-likeness (QED) is 0.860. The van der Waals surface area contributed by atoms with E-state index in [1.165, 1.54) is 5.56 Å². The molecule has 2 aromatic rings. The van der Waals surface area contributed by atoms with Crippen LogP contribution in [-0.2, 0) is 22.2 Å². The molecule has 6 heteroatoms. The third-order valence-electron chi connectivity index (χ3n) is 4.49. The van der Waals surface area contributed by atoms with Crippen LogP contribution in [0.15, 0.2) is 53.4 Å². The molecule has 0 spiro atoms. The Balaban J connectivity index is 1.63. The van der Waals surface area contributed by atoms with Crippen LogP contribution in [-0.4, -0.2) is 32.7 Å². The Morgan fingerprint density at radius 3 is 2.48 bits per heavy atom. The Morgan fingerprint density at radius 2 is 1.84 bits per heavy atom. The lowest BCUT2D eigenvalue weighted by molar-refractivity contribution is -0.136. The van der Waals surface area contributed by atoms with Crippen molar-refractivity contribution in [2.24, 2.45) is 0 Å². The third-order valence-corrected chi connectivity index (χ3v) is 6.23. The second-order valence-corrected chi connectivity index (χ2v) is 8.14. The van der Waals surface area contributed by atoms with Crippen molar-refractivity contribution in [3.05, 3.63) is 64.7 Å². The van der Waals surface area contributed by atoms with Gasteiger partial charge in [-0.1, -0.05) is 35.9 Å². The van der Waals surface area contributed by atoms with E-state index in [0.717, 1.165) is 31.0 Å². The number of aliphatic carboxylic acids is 1. The number of carboxylic acid groups (broad SMARTS) is 1. The molecule has 1 unspecified atom stereocenters. The smallest absolute Gasteiger partial charge is 0.307 e. The van der Waals surface area contributed by atoms with Crippen LogP contribution in [0.25, 0.3) is 0 Å². The van der Waals surface area contributed by atoms with Gasteiger partial charge in [0.2, 0.25) is 0 Å². The SMILES string of the molecule is O=C(O)Cc1cccc(S(=O)N2CCC(c3ccc(Cl)cc3)CC2)c1. The van der Waals surface area contributed by atoms with E-state index in [0.29, 0.717) is 16.4 Å². The van der Waals surface area contributed by atoms with Crippen molar-refractivity contribution >= 4 is 28.6 Å². The first-order valence-corrected chi connectivity index (χ1v) is 9.74. The zero-order valence-corrected chi connectivity index (χ0v) is 15.3. The predicted molar refractivity (Wildman–Crippen MR) is 99.2 cm³/mol. The van der Waals surface area contributed by atoms with Gasteiger partial charge in [0.1, 0.15) is 11.0 Å². The van der Waals surface area contributed by atoms with E-state index in [-0.39, 0.29) is 6.42 Å². The Labute approximate surface area is 155 Å². The number of carbonyl (C=O) groups is 1. The van der Waals surface area contributed by atoms with E-state index in [1.54, 1.807) is 24.3 Å². The molecule has 1 fully saturated rings. The molecule has 2 aromatic carbocycles. The number of benzene rings is 2. The number of carboxylic acids is 1. The first kappa shape index (κ1) is 18.1. The molecular weight excluding hydrogens is 358 g/mol. The summed E-state index contributed by atoms with van der Waals surface area (Å²) in [6.07, 6.45) is 1.84. The maximum Gasteiger partial charge on any atom is 0.307 e. The summed E-state index contributed by atoms with van der Waals surface area (Å²) < 4.78 is 14.8. The Morgan fingerprint density at radius 1 is 1.16 bits per heavy atom. The van der Waals surface area contributed by atoms with E-state index in [9.17, 15) is 9.00 Å². The van der Waals surface area contributed by atoms with Crippen molar-refractivity contribution < 1.29 is 14.1 Å². The van der Waals surface area contributed by atoms with Crippen molar-refractivity contribution in [1.82, 2.24) is 4.31 Å². The largest absolute Gasteiger partial charge is 0.481 e. The molecule has 1 saturated heterocycles. The number of rotatable bonds is 5. The van der Waals surface area contributed by atoms with Gasteiger partial charge >= 0.3 is 5.97 Å². The van der Waals surface area contributed by atoms with Crippen molar-refractivity contribution in [3.8, 4) is 0 Å². The van der Waals surface area contributed by atoms with Crippen LogP contribution in [0.1, 0.15) is 29.9 Å². The first-order chi connectivity index (χ1) is 12.0. The molecule has 0 aromatic heterocycles. The fraction of sp³-hybridized carbons (Fsp3) is 0.316. The van der Waals surface area contributed by atoms with Crippen LogP contribution < -0.4 is 0 Å². The molecule has 0 amide bonds. The summed E-state index contributed by atoms with van der Waals surface area (Å²) in [5.74, 6) is -0.421. The highest BCUT2D eigenvalue weighted by Gasteiger charge is 2.24. The standard InChI is InChI=1S/C19H20ClNO3S/c20-17-6-4-15(5-7-17)16-8-10-21(11-9-16)25(24)18-3-1-2-14(12-18)13-19(22)23/h1-7,12,16H,8-11,13H2,(H,22,23). The summed E-state index contributed by atoms with van der Waals surface area (Å²) in [5.41, 5.74) is 1.95. The Bertz CT molecular complexity index is 770. The van der Waals surface area contributed by atoms with E-state index >= 15 is 0 Å². The van der Waals surface area contributed by atoms with Crippen molar-refractivity contribution in [3.63, 3.8) is 0 Å². The molecule has 0 aliphatic carbocycles. The highest BCUT2D eigenvalue weighted by atomic mass is 35.5. The van der Waals surface area contributed by atoms with Crippen molar-refractivity contribution in [2.45, 2.75) is 30.1 Å². The minimum absolute atomic E-state index is 0.0519. The number of piperidine rings is 1. The predicted octanol–water partition coefficient (Wildman–Crippen LogP) is 3.87. The molecule has 1 aliphatic heterocycles. The molecule has 4 nitrogen and oxygen atoms in total. The number of halogens is 1. The van der Waals surface area contributed by atoms with Crippen molar-refractivity contribution in [2.75, 3.05) is 13.1 Å². The van der Waals surface area contributed by atoms with Crippen LogP contribution >= 0.6 is 11.6 Å². The third kappa shape index (κ3) is 4.69. The van der Waals surface area contributed by atoms with Gasteiger partial charge < -0.3 is 5.11 Å². The molecule has 1 atom stereocenters. The summed E-state index contributed by atoms with van der Waals surface area (Å²) in [5, 5.41) is 9.64. The molecule has 25 heavy (non-hydrogen) atoms. The van der Waals surface area contributed by atoms with Gasteiger partial charge in [0.15, 0.2) is 0 Å². The number of hydrogen-bond acceptors (Lipinski definition) is 2. The van der Waals surface area contributed by atoms with Gasteiger partial charge in [-0.05, 0) is 54.2 Å². The summed E-state index contributed by atoms with van der Waals surface area (Å²) >= 11 is 5.94. The summed E-state index contributed by atoms with van der Waals surface area (Å²) in [4.78, 5) is 11.5. The Hall–Kier alpha value is -1.69. The van der Waals surface area contributed by atoms with Crippen molar-refractivity contribution in [1.29, 1.82) is 0 Å². The molecule has 0 bridgehead atoms. The number of hydrogen-bond donors (Lipinski definition) is 1. The van der Waals surface area contributed by atoms with Gasteiger partial charge in [0, 0.05) is 18.1 Å². The van der Waals surface area contributed by atoms with E-state index in [4.69, 9.17) is 16.7 Å². The van der Waals surface area contributed by atoms with Crippen LogP contribution in [0, 0.1) is 0 Å². The molecular formula is C19H20ClNO3S. The highest BCUT2D eigenvalue weighted by Crippen LogP contribution is 2.30. The summed E-state index contributed by atoms with van der Waals surface area (Å²) in [7, 11) is -1.25. The van der Waals surface area contributed by atoms with Crippen LogP contribution in [0.2, 0.25) is 5.02 Å². The monoisotopic (exact) mass is 377 g/mol. The molecule has 0 radical (unpaired) electrons. The lowest BCUT2D eigenvalue weighted by Gasteiger charge is -2.31. The molecule has 1 heterocycles. The average Bonchev–Trinajstić information content (AvgIpc) is 2.62. The minimum atomic E-state index is -1.25. The van der Waals surface area contributed by atoms with Crippen LogP contribution in [0.4, 0.5) is 0 Å². The minimum Gasteiger partial charge on any atom is -0.481 e. The molecule has 1 aliphatic rings. The zero-order chi connectivity index (χ0) is 17.8. The Kier molecular flexibility index (Phi) is 5.89. The fourth-order valence-corrected chi connectivity index (χ4v) is 4.59. The second kappa shape index (κ2) is 8.13. The van der Waals surface area contributed by atoms with E-state index in [2.05, 4.69) is 12.1 Å². The lowest BCUT2D eigenvalue weighted by atomic mass is 9.90. The molecule has 0 saturated carbocycles. The van der Waals surface area contributed by atoms with E-state index < -0.39 is 17.0 Å². The lowest BCUT2D eigenvalue weighted by Crippen LogP contribution is -2.34. The normalized spacial score (nSPS) is 17.3. The average molecular weight is 378 g/mol. The maximum absolute atomic E-state index is 12.8. The van der Waals surface area contributed by atoms with Crippen LogP contribution in [0.5, 0.6) is 0 Å². The molecule has 1 N–H and O–H groups in total. The zero-order valence-electron chi connectivity index (χ0n) is 13.7. The fourth-order valence-electron chi connectivity index (χ4n) is 3.18. The van der Waals surface area contributed by atoms with Gasteiger partial charge in [0.25, 0.3) is 0 Å². The van der Waals surface area contributed by atoms with Gasteiger partial charge in [0.05, 0.1) is 11.3 Å². The first-order valence-electron chi connectivity index (χ1n) is 8.26. The number of nitrogens with zero attached hydrogens (tertiary/aromatic N) is 1. The van der Waals surface area contributed by atoms with Gasteiger partial charge in [-0.15, -0.1) is 0 Å². The summed E-state index contributed by atoms with van der Waals surface area (Å²) in [6, 6.07) is 15.0. The summed E-state index contributed by atoms with van der Waals surface area (Å²) in [6.45, 7) is 1.51. The van der Waals surface area contributed by atoms with Crippen LogP contribution in [0.3, 0.4) is 0 Å².